The minimum Gasteiger partial charge on any atom is -0.350 e. The molecule has 1 aromatic carbocycles. The first-order chi connectivity index (χ1) is 12.9. The molecule has 0 heterocycles. The number of amides is 2. The molecule has 2 N–H and O–H groups in total. The number of halogens is 1. The van der Waals surface area contributed by atoms with Crippen LogP contribution < -0.4 is 10.7 Å². The van der Waals surface area contributed by atoms with Gasteiger partial charge in [-0.1, -0.05) is 0 Å². The van der Waals surface area contributed by atoms with Gasteiger partial charge in [0.15, 0.2) is 0 Å². The van der Waals surface area contributed by atoms with Crippen LogP contribution >= 0.6 is 0 Å². The van der Waals surface area contributed by atoms with Gasteiger partial charge < -0.3 is 5.32 Å². The lowest BCUT2D eigenvalue weighted by Gasteiger charge is -2.56. The molecule has 0 spiro atoms. The van der Waals surface area contributed by atoms with Crippen LogP contribution in [0.5, 0.6) is 0 Å². The van der Waals surface area contributed by atoms with Crippen LogP contribution in [0.2, 0.25) is 0 Å². The summed E-state index contributed by atoms with van der Waals surface area (Å²) in [5, 5.41) is 7.33. The molecule has 0 aliphatic heterocycles. The summed E-state index contributed by atoms with van der Waals surface area (Å²) in [4.78, 5) is 24.5. The molecule has 2 amide bonds. The summed E-state index contributed by atoms with van der Waals surface area (Å²) in [6.07, 6.45) is 7.53. The van der Waals surface area contributed by atoms with Gasteiger partial charge in [0.2, 0.25) is 5.91 Å². The Morgan fingerprint density at radius 1 is 1.07 bits per heavy atom. The molecule has 4 aliphatic rings. The number of hydrogen-bond acceptors (Lipinski definition) is 3. The number of carbonyl (C=O) groups excluding carboxylic acids is 2. The molecular weight excluding hydrogens is 345 g/mol. The first kappa shape index (κ1) is 18.1. The highest BCUT2D eigenvalue weighted by Gasteiger charge is 2.51. The molecule has 27 heavy (non-hydrogen) atoms. The molecule has 0 aromatic heterocycles. The van der Waals surface area contributed by atoms with E-state index in [9.17, 15) is 14.0 Å². The molecule has 144 valence electrons. The van der Waals surface area contributed by atoms with Crippen molar-refractivity contribution in [2.75, 3.05) is 0 Å². The van der Waals surface area contributed by atoms with E-state index < -0.39 is 11.7 Å². The van der Waals surface area contributed by atoms with E-state index in [2.05, 4.69) is 15.8 Å². The molecule has 0 unspecified atom stereocenters. The molecule has 0 saturated heterocycles. The highest BCUT2D eigenvalue weighted by atomic mass is 19.1. The summed E-state index contributed by atoms with van der Waals surface area (Å²) >= 11 is 0. The van der Waals surface area contributed by atoms with Gasteiger partial charge in [-0.25, -0.2) is 9.82 Å². The maximum Gasteiger partial charge on any atom is 0.271 e. The second kappa shape index (κ2) is 7.06. The Bertz CT molecular complexity index is 737. The Labute approximate surface area is 158 Å². The molecule has 5 nitrogen and oxygen atoms in total. The number of carbonyl (C=O) groups is 2. The van der Waals surface area contributed by atoms with Crippen LogP contribution in [0.4, 0.5) is 4.39 Å². The van der Waals surface area contributed by atoms with E-state index in [0.29, 0.717) is 11.3 Å². The summed E-state index contributed by atoms with van der Waals surface area (Å²) in [5.74, 6) is 1.50. The standard InChI is InChI=1S/C21H26FN3O2/c1-13(24-25-20(27)17-2-4-18(22)5-3-17)6-19(26)23-21-10-14-7-15(11-21)9-16(8-14)12-21/h2-5,14-16H,6-12H2,1H3,(H,23,26)(H,25,27). The number of rotatable bonds is 5. The predicted octanol–water partition coefficient (Wildman–Crippen LogP) is 3.41. The average molecular weight is 371 g/mol. The summed E-state index contributed by atoms with van der Waals surface area (Å²) in [6, 6.07) is 5.25. The predicted molar refractivity (Wildman–Crippen MR) is 101 cm³/mol. The second-order valence-corrected chi connectivity index (χ2v) is 8.72. The quantitative estimate of drug-likeness (QED) is 0.615. The molecule has 1 aromatic rings. The normalized spacial score (nSPS) is 31.6. The van der Waals surface area contributed by atoms with E-state index in [-0.39, 0.29) is 17.9 Å². The van der Waals surface area contributed by atoms with E-state index in [4.69, 9.17) is 0 Å². The topological polar surface area (TPSA) is 70.6 Å². The van der Waals surface area contributed by atoms with Gasteiger partial charge in [0, 0.05) is 16.8 Å². The van der Waals surface area contributed by atoms with Gasteiger partial charge in [0.1, 0.15) is 5.82 Å². The molecule has 4 bridgehead atoms. The lowest BCUT2D eigenvalue weighted by Crippen LogP contribution is -2.60. The first-order valence-corrected chi connectivity index (χ1v) is 9.81. The molecule has 4 saturated carbocycles. The van der Waals surface area contributed by atoms with Crippen LogP contribution in [0.3, 0.4) is 0 Å². The summed E-state index contributed by atoms with van der Waals surface area (Å²) in [5.41, 5.74) is 3.29. The molecule has 0 radical (unpaired) electrons. The van der Waals surface area contributed by atoms with Crippen molar-refractivity contribution in [1.29, 1.82) is 0 Å². The van der Waals surface area contributed by atoms with E-state index in [0.717, 1.165) is 37.0 Å². The Balaban J connectivity index is 1.31. The molecule has 4 aliphatic carbocycles. The van der Waals surface area contributed by atoms with Crippen molar-refractivity contribution < 1.29 is 14.0 Å². The van der Waals surface area contributed by atoms with Crippen LogP contribution in [0.15, 0.2) is 29.4 Å². The molecule has 4 fully saturated rings. The first-order valence-electron chi connectivity index (χ1n) is 9.81. The summed E-state index contributed by atoms with van der Waals surface area (Å²) in [7, 11) is 0. The fraction of sp³-hybridized carbons (Fsp3) is 0.571. The van der Waals surface area contributed by atoms with E-state index in [1.807, 2.05) is 0 Å². The van der Waals surface area contributed by atoms with E-state index >= 15 is 0 Å². The van der Waals surface area contributed by atoms with E-state index in [1.165, 1.54) is 43.5 Å². The number of hydrazone groups is 1. The van der Waals surface area contributed by atoms with Crippen molar-refractivity contribution in [2.45, 2.75) is 57.4 Å². The monoisotopic (exact) mass is 371 g/mol. The van der Waals surface area contributed by atoms with E-state index in [1.54, 1.807) is 6.92 Å². The largest absolute Gasteiger partial charge is 0.350 e. The van der Waals surface area contributed by atoms with Crippen LogP contribution in [0.1, 0.15) is 62.2 Å². The lowest BCUT2D eigenvalue weighted by atomic mass is 9.53. The number of benzene rings is 1. The molecule has 6 heteroatoms. The van der Waals surface area contributed by atoms with Crippen molar-refractivity contribution >= 4 is 17.5 Å². The smallest absolute Gasteiger partial charge is 0.271 e. The summed E-state index contributed by atoms with van der Waals surface area (Å²) in [6.45, 7) is 1.73. The van der Waals surface area contributed by atoms with Gasteiger partial charge in [0.05, 0.1) is 6.42 Å². The zero-order valence-corrected chi connectivity index (χ0v) is 15.6. The van der Waals surface area contributed by atoms with Gasteiger partial charge in [-0.2, -0.15) is 5.10 Å². The third kappa shape index (κ3) is 4.04. The lowest BCUT2D eigenvalue weighted by molar-refractivity contribution is -0.125. The minimum absolute atomic E-state index is 0.0104. The Kier molecular flexibility index (Phi) is 4.74. The fourth-order valence-electron chi connectivity index (χ4n) is 5.69. The van der Waals surface area contributed by atoms with Gasteiger partial charge >= 0.3 is 0 Å². The molecular formula is C21H26FN3O2. The highest BCUT2D eigenvalue weighted by Crippen LogP contribution is 2.55. The number of nitrogens with one attached hydrogen (secondary N) is 2. The number of hydrogen-bond donors (Lipinski definition) is 2. The molecule has 5 rings (SSSR count). The zero-order chi connectivity index (χ0) is 19.0. The van der Waals surface area contributed by atoms with Crippen LogP contribution in [0, 0.1) is 23.6 Å². The Morgan fingerprint density at radius 2 is 1.63 bits per heavy atom. The van der Waals surface area contributed by atoms with Crippen molar-refractivity contribution in [2.24, 2.45) is 22.9 Å². The van der Waals surface area contributed by atoms with Gasteiger partial charge in [-0.3, -0.25) is 9.59 Å². The van der Waals surface area contributed by atoms with Crippen molar-refractivity contribution in [3.05, 3.63) is 35.6 Å². The molecule has 0 atom stereocenters. The van der Waals surface area contributed by atoms with Crippen molar-refractivity contribution in [3.8, 4) is 0 Å². The minimum atomic E-state index is -0.421. The third-order valence-corrected chi connectivity index (χ3v) is 6.31. The maximum absolute atomic E-state index is 12.9. The fourth-order valence-corrected chi connectivity index (χ4v) is 5.69. The number of nitrogens with zero attached hydrogens (tertiary/aromatic N) is 1. The van der Waals surface area contributed by atoms with Gasteiger partial charge in [-0.15, -0.1) is 0 Å². The Morgan fingerprint density at radius 3 is 2.19 bits per heavy atom. The maximum atomic E-state index is 12.9. The van der Waals surface area contributed by atoms with Gasteiger partial charge in [0.25, 0.3) is 5.91 Å². The van der Waals surface area contributed by atoms with Crippen LogP contribution in [-0.4, -0.2) is 23.1 Å². The second-order valence-electron chi connectivity index (χ2n) is 8.72. The third-order valence-electron chi connectivity index (χ3n) is 6.31. The average Bonchev–Trinajstić information content (AvgIpc) is 2.58. The van der Waals surface area contributed by atoms with Crippen LogP contribution in [0.25, 0.3) is 0 Å². The van der Waals surface area contributed by atoms with Crippen LogP contribution in [-0.2, 0) is 4.79 Å². The zero-order valence-electron chi connectivity index (χ0n) is 15.6. The van der Waals surface area contributed by atoms with Gasteiger partial charge in [-0.05, 0) is 87.5 Å². The highest BCUT2D eigenvalue weighted by molar-refractivity contribution is 6.01. The SMILES string of the molecule is CC(CC(=O)NC12CC3CC(CC(C3)C1)C2)=NNC(=O)c1ccc(F)cc1. The van der Waals surface area contributed by atoms with Crippen molar-refractivity contribution in [3.63, 3.8) is 0 Å². The summed E-state index contributed by atoms with van der Waals surface area (Å²) < 4.78 is 12.9. The Hall–Kier alpha value is -2.24. The van der Waals surface area contributed by atoms with Crippen molar-refractivity contribution in [1.82, 2.24) is 10.7 Å².